The molecule has 0 amide bonds. The summed E-state index contributed by atoms with van der Waals surface area (Å²) in [5.41, 5.74) is 0.849. The van der Waals surface area contributed by atoms with Gasteiger partial charge in [0, 0.05) is 6.07 Å². The molecule has 0 spiro atoms. The van der Waals surface area contributed by atoms with E-state index >= 15 is 0 Å². The van der Waals surface area contributed by atoms with Gasteiger partial charge >= 0.3 is 0 Å². The molecule has 1 saturated carbocycles. The molecule has 0 aliphatic heterocycles. The lowest BCUT2D eigenvalue weighted by atomic mass is 9.77. The van der Waals surface area contributed by atoms with Gasteiger partial charge in [-0.1, -0.05) is 26.2 Å². The van der Waals surface area contributed by atoms with E-state index in [4.69, 9.17) is 0 Å². The monoisotopic (exact) mass is 252 g/mol. The van der Waals surface area contributed by atoms with Gasteiger partial charge in [-0.05, 0) is 55.2 Å². The van der Waals surface area contributed by atoms with E-state index in [0.717, 1.165) is 30.4 Å². The van der Waals surface area contributed by atoms with Crippen LogP contribution in [0.1, 0.15) is 63.4 Å². The second kappa shape index (κ2) is 6.31. The Hall–Kier alpha value is -0.920. The summed E-state index contributed by atoms with van der Waals surface area (Å²) in [5, 5.41) is 0. The molecule has 0 saturated heterocycles. The molecule has 0 unspecified atom stereocenters. The second-order valence-corrected chi connectivity index (χ2v) is 5.56. The lowest BCUT2D eigenvalue weighted by molar-refractivity contribution is 0.303. The van der Waals surface area contributed by atoms with E-state index in [1.54, 1.807) is 0 Å². The molecule has 0 atom stereocenters. The Morgan fingerprint density at radius 1 is 1.00 bits per heavy atom. The highest BCUT2D eigenvalue weighted by atomic mass is 19.1. The minimum Gasteiger partial charge on any atom is -0.207 e. The van der Waals surface area contributed by atoms with Gasteiger partial charge < -0.3 is 0 Å². The van der Waals surface area contributed by atoms with Crippen molar-refractivity contribution in [3.8, 4) is 0 Å². The summed E-state index contributed by atoms with van der Waals surface area (Å²) in [4.78, 5) is 0. The Labute approximate surface area is 108 Å². The molecule has 1 aliphatic rings. The number of hydrogen-bond donors (Lipinski definition) is 0. The largest absolute Gasteiger partial charge is 0.207 e. The molecular weight excluding hydrogens is 230 g/mol. The Kier molecular flexibility index (Phi) is 4.73. The predicted octanol–water partition coefficient (Wildman–Crippen LogP) is 5.43. The van der Waals surface area contributed by atoms with Crippen LogP contribution in [0.2, 0.25) is 0 Å². The van der Waals surface area contributed by atoms with Crippen molar-refractivity contribution >= 4 is 0 Å². The van der Waals surface area contributed by atoms with Gasteiger partial charge in [0.1, 0.15) is 11.6 Å². The SMILES string of the molecule is CCCCC1CCC(c2cc(F)cc(F)c2)CC1. The molecule has 0 heterocycles. The van der Waals surface area contributed by atoms with Gasteiger partial charge in [0.05, 0.1) is 0 Å². The third kappa shape index (κ3) is 3.54. The predicted molar refractivity (Wildman–Crippen MR) is 70.6 cm³/mol. The fourth-order valence-electron chi connectivity index (χ4n) is 3.09. The summed E-state index contributed by atoms with van der Waals surface area (Å²) < 4.78 is 26.4. The van der Waals surface area contributed by atoms with Crippen LogP contribution in [0.15, 0.2) is 18.2 Å². The maximum Gasteiger partial charge on any atom is 0.126 e. The Morgan fingerprint density at radius 2 is 1.61 bits per heavy atom. The Bertz CT molecular complexity index is 358. The van der Waals surface area contributed by atoms with E-state index in [0.29, 0.717) is 5.92 Å². The Morgan fingerprint density at radius 3 is 2.17 bits per heavy atom. The molecule has 0 aromatic heterocycles. The fraction of sp³-hybridized carbons (Fsp3) is 0.625. The van der Waals surface area contributed by atoms with Gasteiger partial charge in [-0.2, -0.15) is 0 Å². The highest BCUT2D eigenvalue weighted by Gasteiger charge is 2.22. The summed E-state index contributed by atoms with van der Waals surface area (Å²) in [6.07, 6.45) is 8.47. The molecule has 2 heteroatoms. The molecule has 0 radical (unpaired) electrons. The van der Waals surface area contributed by atoms with E-state index in [-0.39, 0.29) is 0 Å². The quantitative estimate of drug-likeness (QED) is 0.670. The number of rotatable bonds is 4. The number of hydrogen-bond acceptors (Lipinski definition) is 0. The van der Waals surface area contributed by atoms with Gasteiger partial charge in [-0.3, -0.25) is 0 Å². The average molecular weight is 252 g/mol. The van der Waals surface area contributed by atoms with Gasteiger partial charge in [0.25, 0.3) is 0 Å². The van der Waals surface area contributed by atoms with Crippen LogP contribution in [0.4, 0.5) is 8.78 Å². The van der Waals surface area contributed by atoms with E-state index in [2.05, 4.69) is 6.92 Å². The zero-order chi connectivity index (χ0) is 13.0. The van der Waals surface area contributed by atoms with Gasteiger partial charge in [0.15, 0.2) is 0 Å². The van der Waals surface area contributed by atoms with Crippen molar-refractivity contribution in [1.29, 1.82) is 0 Å². The van der Waals surface area contributed by atoms with E-state index in [9.17, 15) is 8.78 Å². The minimum atomic E-state index is -0.446. The van der Waals surface area contributed by atoms with E-state index in [1.165, 1.54) is 44.2 Å². The molecule has 1 aromatic carbocycles. The van der Waals surface area contributed by atoms with Crippen LogP contribution in [-0.2, 0) is 0 Å². The van der Waals surface area contributed by atoms with E-state index in [1.807, 2.05) is 0 Å². The van der Waals surface area contributed by atoms with Crippen molar-refractivity contribution in [3.05, 3.63) is 35.4 Å². The van der Waals surface area contributed by atoms with Crippen LogP contribution in [0, 0.1) is 17.6 Å². The molecule has 0 nitrogen and oxygen atoms in total. The second-order valence-electron chi connectivity index (χ2n) is 5.56. The molecule has 2 rings (SSSR count). The first-order chi connectivity index (χ1) is 8.69. The van der Waals surface area contributed by atoms with E-state index < -0.39 is 11.6 Å². The maximum atomic E-state index is 13.2. The maximum absolute atomic E-state index is 13.2. The molecule has 18 heavy (non-hydrogen) atoms. The normalized spacial score (nSPS) is 24.2. The molecule has 0 bridgehead atoms. The van der Waals surface area contributed by atoms with Gasteiger partial charge in [-0.15, -0.1) is 0 Å². The summed E-state index contributed by atoms with van der Waals surface area (Å²) >= 11 is 0. The summed E-state index contributed by atoms with van der Waals surface area (Å²) in [7, 11) is 0. The van der Waals surface area contributed by atoms with Crippen LogP contribution in [-0.4, -0.2) is 0 Å². The standard InChI is InChI=1S/C16H22F2/c1-2-3-4-12-5-7-13(8-6-12)14-9-15(17)11-16(18)10-14/h9-13H,2-8H2,1H3. The molecular formula is C16H22F2. The molecule has 100 valence electrons. The smallest absolute Gasteiger partial charge is 0.126 e. The van der Waals surface area contributed by atoms with Crippen molar-refractivity contribution in [2.75, 3.05) is 0 Å². The topological polar surface area (TPSA) is 0 Å². The van der Waals surface area contributed by atoms with Crippen LogP contribution in [0.25, 0.3) is 0 Å². The summed E-state index contributed by atoms with van der Waals surface area (Å²) in [6, 6.07) is 3.95. The number of unbranched alkanes of at least 4 members (excludes halogenated alkanes) is 1. The van der Waals surface area contributed by atoms with Gasteiger partial charge in [0.2, 0.25) is 0 Å². The van der Waals surface area contributed by atoms with Crippen LogP contribution < -0.4 is 0 Å². The van der Waals surface area contributed by atoms with Crippen LogP contribution in [0.5, 0.6) is 0 Å². The minimum absolute atomic E-state index is 0.355. The lowest BCUT2D eigenvalue weighted by Crippen LogP contribution is -2.13. The Balaban J connectivity index is 1.92. The molecule has 1 aromatic rings. The lowest BCUT2D eigenvalue weighted by Gasteiger charge is -2.28. The first-order valence-electron chi connectivity index (χ1n) is 7.15. The highest BCUT2D eigenvalue weighted by Crippen LogP contribution is 2.37. The number of benzene rings is 1. The van der Waals surface area contributed by atoms with Crippen molar-refractivity contribution in [2.45, 2.75) is 57.8 Å². The summed E-state index contributed by atoms with van der Waals surface area (Å²) in [6.45, 7) is 2.22. The average Bonchev–Trinajstić information content (AvgIpc) is 2.36. The zero-order valence-electron chi connectivity index (χ0n) is 11.1. The molecule has 1 aliphatic carbocycles. The van der Waals surface area contributed by atoms with Crippen LogP contribution in [0.3, 0.4) is 0 Å². The van der Waals surface area contributed by atoms with Crippen molar-refractivity contribution in [2.24, 2.45) is 5.92 Å². The van der Waals surface area contributed by atoms with Gasteiger partial charge in [-0.25, -0.2) is 8.78 Å². The van der Waals surface area contributed by atoms with Crippen LogP contribution >= 0.6 is 0 Å². The summed E-state index contributed by atoms with van der Waals surface area (Å²) in [5.74, 6) is 0.295. The third-order valence-corrected chi connectivity index (χ3v) is 4.17. The fourth-order valence-corrected chi connectivity index (χ4v) is 3.09. The molecule has 0 N–H and O–H groups in total. The number of halogens is 2. The first-order valence-corrected chi connectivity index (χ1v) is 7.15. The zero-order valence-corrected chi connectivity index (χ0v) is 11.1. The first kappa shape index (κ1) is 13.5. The van der Waals surface area contributed by atoms with Crippen molar-refractivity contribution in [3.63, 3.8) is 0 Å². The highest BCUT2D eigenvalue weighted by molar-refractivity contribution is 5.22. The van der Waals surface area contributed by atoms with Crippen molar-refractivity contribution in [1.82, 2.24) is 0 Å². The molecule has 1 fully saturated rings. The van der Waals surface area contributed by atoms with Crippen molar-refractivity contribution < 1.29 is 8.78 Å². The third-order valence-electron chi connectivity index (χ3n) is 4.17.